The Bertz CT molecular complexity index is 1500. The second-order valence-electron chi connectivity index (χ2n) is 8.18. The van der Waals surface area contributed by atoms with E-state index in [1.54, 1.807) is 0 Å². The predicted molar refractivity (Wildman–Crippen MR) is 137 cm³/mol. The van der Waals surface area contributed by atoms with E-state index in [4.69, 9.17) is 16.7 Å². The van der Waals surface area contributed by atoms with Crippen LogP contribution in [0.25, 0.3) is 16.8 Å². The van der Waals surface area contributed by atoms with Gasteiger partial charge in [0.2, 0.25) is 0 Å². The highest BCUT2D eigenvalue weighted by Crippen LogP contribution is 2.28. The van der Waals surface area contributed by atoms with Crippen LogP contribution in [0.15, 0.2) is 77.7 Å². The third-order valence-electron chi connectivity index (χ3n) is 5.66. The van der Waals surface area contributed by atoms with Crippen molar-refractivity contribution in [2.45, 2.75) is 25.2 Å². The van der Waals surface area contributed by atoms with E-state index in [2.05, 4.69) is 17.4 Å². The van der Waals surface area contributed by atoms with Crippen LogP contribution in [0.2, 0.25) is 5.02 Å². The summed E-state index contributed by atoms with van der Waals surface area (Å²) in [4.78, 5) is 11.8. The maximum atomic E-state index is 13.3. The molecule has 2 N–H and O–H groups in total. The molecule has 10 heteroatoms. The molecule has 0 aliphatic carbocycles. The highest BCUT2D eigenvalue weighted by atomic mass is 35.5. The van der Waals surface area contributed by atoms with Gasteiger partial charge in [-0.3, -0.25) is 0 Å². The highest BCUT2D eigenvalue weighted by molar-refractivity contribution is 7.90. The Labute approximate surface area is 214 Å². The standard InChI is InChI=1S/C26H24ClFN4O3S/c1-17-25(20-6-4-3-5-7-20)18(2)32(30-17)21-10-8-19(9-11-21)14-15-29-26(33)31-36(34,35)22-12-13-24(28)23(27)16-22/h3-13,16H,14-15H2,1-2H3,(H2,29,31,33). The van der Waals surface area contributed by atoms with Crippen LogP contribution in [0, 0.1) is 19.7 Å². The number of sulfonamides is 1. The lowest BCUT2D eigenvalue weighted by Crippen LogP contribution is -2.40. The number of nitrogens with zero attached hydrogens (tertiary/aromatic N) is 2. The smallest absolute Gasteiger partial charge is 0.328 e. The van der Waals surface area contributed by atoms with Crippen molar-refractivity contribution in [2.75, 3.05) is 6.54 Å². The van der Waals surface area contributed by atoms with Crippen molar-refractivity contribution in [1.82, 2.24) is 19.8 Å². The van der Waals surface area contributed by atoms with Gasteiger partial charge in [-0.2, -0.15) is 5.10 Å². The van der Waals surface area contributed by atoms with Gasteiger partial charge in [0.1, 0.15) is 5.82 Å². The first-order valence-corrected chi connectivity index (χ1v) is 13.0. The number of carbonyl (C=O) groups is 1. The molecule has 0 saturated carbocycles. The molecular formula is C26H24ClFN4O3S. The van der Waals surface area contributed by atoms with E-state index in [-0.39, 0.29) is 16.5 Å². The van der Waals surface area contributed by atoms with Crippen LogP contribution in [-0.4, -0.2) is 30.8 Å². The summed E-state index contributed by atoms with van der Waals surface area (Å²) < 4.78 is 41.7. The lowest BCUT2D eigenvalue weighted by atomic mass is 10.0. The largest absolute Gasteiger partial charge is 0.337 e. The van der Waals surface area contributed by atoms with E-state index in [0.29, 0.717) is 6.42 Å². The minimum Gasteiger partial charge on any atom is -0.337 e. The number of halogens is 2. The van der Waals surface area contributed by atoms with Crippen LogP contribution in [0.1, 0.15) is 17.0 Å². The molecule has 1 heterocycles. The van der Waals surface area contributed by atoms with E-state index in [1.807, 2.05) is 65.7 Å². The number of benzene rings is 3. The van der Waals surface area contributed by atoms with Crippen molar-refractivity contribution in [2.24, 2.45) is 0 Å². The summed E-state index contributed by atoms with van der Waals surface area (Å²) in [6.07, 6.45) is 0.489. The van der Waals surface area contributed by atoms with Gasteiger partial charge in [0, 0.05) is 17.8 Å². The number of hydrogen-bond acceptors (Lipinski definition) is 4. The number of amides is 2. The van der Waals surface area contributed by atoms with Gasteiger partial charge in [-0.15, -0.1) is 0 Å². The minimum absolute atomic E-state index is 0.211. The molecule has 186 valence electrons. The molecule has 0 aliphatic heterocycles. The molecule has 0 spiro atoms. The second kappa shape index (κ2) is 10.5. The normalized spacial score (nSPS) is 11.3. The molecule has 0 atom stereocenters. The average molecular weight is 527 g/mol. The van der Waals surface area contributed by atoms with Gasteiger partial charge in [0.05, 0.1) is 21.3 Å². The molecule has 36 heavy (non-hydrogen) atoms. The van der Waals surface area contributed by atoms with Crippen molar-refractivity contribution >= 4 is 27.7 Å². The van der Waals surface area contributed by atoms with E-state index in [9.17, 15) is 17.6 Å². The maximum absolute atomic E-state index is 13.3. The Hall–Kier alpha value is -3.69. The number of aryl methyl sites for hydroxylation is 1. The first-order chi connectivity index (χ1) is 17.2. The summed E-state index contributed by atoms with van der Waals surface area (Å²) >= 11 is 5.63. The highest BCUT2D eigenvalue weighted by Gasteiger charge is 2.19. The van der Waals surface area contributed by atoms with Crippen molar-refractivity contribution in [1.29, 1.82) is 0 Å². The van der Waals surface area contributed by atoms with Crippen LogP contribution in [-0.2, 0) is 16.4 Å². The van der Waals surface area contributed by atoms with Crippen LogP contribution in [0.3, 0.4) is 0 Å². The molecular weight excluding hydrogens is 503 g/mol. The van der Waals surface area contributed by atoms with Crippen molar-refractivity contribution in [3.8, 4) is 16.8 Å². The fourth-order valence-corrected chi connectivity index (χ4v) is 5.10. The second-order valence-corrected chi connectivity index (χ2v) is 10.3. The number of carbonyl (C=O) groups excluding carboxylic acids is 1. The number of rotatable bonds is 7. The van der Waals surface area contributed by atoms with Crippen molar-refractivity contribution in [3.63, 3.8) is 0 Å². The Morgan fingerprint density at radius 2 is 1.72 bits per heavy atom. The monoisotopic (exact) mass is 526 g/mol. The van der Waals surface area contributed by atoms with E-state index < -0.39 is 21.9 Å². The van der Waals surface area contributed by atoms with Gasteiger partial charge in [0.15, 0.2) is 0 Å². The maximum Gasteiger partial charge on any atom is 0.328 e. The van der Waals surface area contributed by atoms with E-state index >= 15 is 0 Å². The quantitative estimate of drug-likeness (QED) is 0.347. The summed E-state index contributed by atoms with van der Waals surface area (Å²) in [5.74, 6) is -0.749. The zero-order valence-electron chi connectivity index (χ0n) is 19.6. The molecule has 0 unspecified atom stereocenters. The van der Waals surface area contributed by atoms with Crippen LogP contribution in [0.4, 0.5) is 9.18 Å². The number of nitrogens with one attached hydrogen (secondary N) is 2. The molecule has 1 aromatic heterocycles. The molecule has 0 saturated heterocycles. The summed E-state index contributed by atoms with van der Waals surface area (Å²) in [7, 11) is -4.18. The first-order valence-electron chi connectivity index (χ1n) is 11.1. The van der Waals surface area contributed by atoms with Crippen LogP contribution in [0.5, 0.6) is 0 Å². The molecule has 4 rings (SSSR count). The predicted octanol–water partition coefficient (Wildman–Crippen LogP) is 5.18. The summed E-state index contributed by atoms with van der Waals surface area (Å²) in [5.41, 5.74) is 6.06. The minimum atomic E-state index is -4.18. The Morgan fingerprint density at radius 1 is 1.03 bits per heavy atom. The molecule has 0 aliphatic rings. The van der Waals surface area contributed by atoms with Crippen LogP contribution >= 0.6 is 11.6 Å². The van der Waals surface area contributed by atoms with Crippen molar-refractivity contribution in [3.05, 3.63) is 101 Å². The molecule has 3 aromatic carbocycles. The average Bonchev–Trinajstić information content (AvgIpc) is 3.15. The zero-order valence-corrected chi connectivity index (χ0v) is 21.2. The number of hydrogen-bond donors (Lipinski definition) is 2. The van der Waals surface area contributed by atoms with Gasteiger partial charge in [-0.25, -0.2) is 27.0 Å². The summed E-state index contributed by atoms with van der Waals surface area (Å²) in [6, 6.07) is 19.9. The first kappa shape index (κ1) is 25.4. The topological polar surface area (TPSA) is 93.1 Å². The van der Waals surface area contributed by atoms with Gasteiger partial charge in [-0.1, -0.05) is 54.1 Å². The molecule has 0 bridgehead atoms. The Kier molecular flexibility index (Phi) is 7.42. The molecule has 4 aromatic rings. The third-order valence-corrected chi connectivity index (χ3v) is 7.28. The van der Waals surface area contributed by atoms with E-state index in [1.165, 1.54) is 0 Å². The SMILES string of the molecule is Cc1nn(-c2ccc(CCNC(=O)NS(=O)(=O)c3ccc(F)c(Cl)c3)cc2)c(C)c1-c1ccccc1. The number of aromatic nitrogens is 2. The fraction of sp³-hybridized carbons (Fsp3) is 0.154. The molecule has 2 amide bonds. The molecule has 7 nitrogen and oxygen atoms in total. The van der Waals surface area contributed by atoms with Gasteiger partial charge in [0.25, 0.3) is 10.0 Å². The Balaban J connectivity index is 1.36. The zero-order chi connectivity index (χ0) is 25.9. The lowest BCUT2D eigenvalue weighted by molar-refractivity contribution is 0.246. The van der Waals surface area contributed by atoms with Gasteiger partial charge in [-0.05, 0) is 61.7 Å². The summed E-state index contributed by atoms with van der Waals surface area (Å²) in [5, 5.41) is 6.87. The Morgan fingerprint density at radius 3 is 2.39 bits per heavy atom. The number of urea groups is 1. The van der Waals surface area contributed by atoms with Crippen LogP contribution < -0.4 is 10.0 Å². The van der Waals surface area contributed by atoms with Gasteiger partial charge >= 0.3 is 6.03 Å². The fourth-order valence-electron chi connectivity index (χ4n) is 3.90. The molecule has 0 radical (unpaired) electrons. The van der Waals surface area contributed by atoms with E-state index in [0.717, 1.165) is 52.0 Å². The lowest BCUT2D eigenvalue weighted by Gasteiger charge is -2.10. The van der Waals surface area contributed by atoms with Crippen molar-refractivity contribution < 1.29 is 17.6 Å². The van der Waals surface area contributed by atoms with Gasteiger partial charge < -0.3 is 5.32 Å². The molecule has 0 fully saturated rings. The summed E-state index contributed by atoms with van der Waals surface area (Å²) in [6.45, 7) is 4.23. The third kappa shape index (κ3) is 5.58.